The molecule has 3 aromatic rings. The van der Waals surface area contributed by atoms with E-state index in [1.165, 1.54) is 12.1 Å². The van der Waals surface area contributed by atoms with Crippen LogP contribution in [0, 0.1) is 11.2 Å². The SMILES string of the molecule is CC(C)(C)C(=O)c1c(N)[nH]c(C(=O)c2ccccc2)c1-c1ccc(F)cc1. The van der Waals surface area contributed by atoms with Crippen molar-refractivity contribution < 1.29 is 14.0 Å². The van der Waals surface area contributed by atoms with Crippen molar-refractivity contribution in [2.45, 2.75) is 20.8 Å². The van der Waals surface area contributed by atoms with Crippen LogP contribution in [0.2, 0.25) is 0 Å². The second-order valence-corrected chi connectivity index (χ2v) is 7.44. The van der Waals surface area contributed by atoms with Crippen molar-refractivity contribution in [2.75, 3.05) is 5.73 Å². The van der Waals surface area contributed by atoms with Gasteiger partial charge in [0.05, 0.1) is 11.3 Å². The molecule has 5 heteroatoms. The molecule has 0 unspecified atom stereocenters. The number of hydrogen-bond acceptors (Lipinski definition) is 3. The third-order valence-electron chi connectivity index (χ3n) is 4.33. The number of halogens is 1. The van der Waals surface area contributed by atoms with Gasteiger partial charge in [-0.25, -0.2) is 4.39 Å². The minimum atomic E-state index is -0.696. The predicted octanol–water partition coefficient (Wildman–Crippen LogP) is 4.86. The quantitative estimate of drug-likeness (QED) is 0.649. The van der Waals surface area contributed by atoms with E-state index in [-0.39, 0.29) is 28.6 Å². The molecule has 27 heavy (non-hydrogen) atoms. The molecule has 3 rings (SSSR count). The number of aromatic nitrogens is 1. The van der Waals surface area contributed by atoms with E-state index in [4.69, 9.17) is 5.73 Å². The fourth-order valence-electron chi connectivity index (χ4n) is 2.94. The first-order chi connectivity index (χ1) is 12.7. The molecule has 138 valence electrons. The number of benzene rings is 2. The van der Waals surface area contributed by atoms with Crippen molar-refractivity contribution in [3.05, 3.63) is 77.2 Å². The van der Waals surface area contributed by atoms with Gasteiger partial charge in [0.25, 0.3) is 0 Å². The van der Waals surface area contributed by atoms with Gasteiger partial charge in [0.15, 0.2) is 5.78 Å². The lowest BCUT2D eigenvalue weighted by Crippen LogP contribution is -2.21. The second kappa shape index (κ2) is 6.83. The van der Waals surface area contributed by atoms with Crippen molar-refractivity contribution in [3.8, 4) is 11.1 Å². The zero-order valence-electron chi connectivity index (χ0n) is 15.5. The highest BCUT2D eigenvalue weighted by molar-refractivity contribution is 6.18. The Hall–Kier alpha value is -3.21. The zero-order chi connectivity index (χ0) is 19.8. The number of carbonyl (C=O) groups excluding carboxylic acids is 2. The lowest BCUT2D eigenvalue weighted by Gasteiger charge is -2.18. The molecule has 0 fully saturated rings. The molecule has 0 saturated heterocycles. The van der Waals surface area contributed by atoms with E-state index in [0.29, 0.717) is 16.7 Å². The number of hydrogen-bond donors (Lipinski definition) is 2. The fraction of sp³-hybridized carbons (Fsp3) is 0.182. The second-order valence-electron chi connectivity index (χ2n) is 7.44. The molecule has 1 aromatic heterocycles. The maximum atomic E-state index is 13.4. The number of rotatable bonds is 4. The number of anilines is 1. The Morgan fingerprint density at radius 1 is 0.963 bits per heavy atom. The van der Waals surface area contributed by atoms with E-state index in [0.717, 1.165) is 0 Å². The lowest BCUT2D eigenvalue weighted by molar-refractivity contribution is 0.0860. The summed E-state index contributed by atoms with van der Waals surface area (Å²) in [5, 5.41) is 0. The van der Waals surface area contributed by atoms with Crippen LogP contribution in [0.15, 0.2) is 54.6 Å². The summed E-state index contributed by atoms with van der Waals surface area (Å²) in [7, 11) is 0. The summed E-state index contributed by atoms with van der Waals surface area (Å²) in [6.45, 7) is 5.36. The van der Waals surface area contributed by atoms with Crippen LogP contribution in [0.5, 0.6) is 0 Å². The first-order valence-electron chi connectivity index (χ1n) is 8.62. The zero-order valence-corrected chi connectivity index (χ0v) is 15.5. The highest BCUT2D eigenvalue weighted by Crippen LogP contribution is 2.37. The van der Waals surface area contributed by atoms with Gasteiger partial charge in [-0.15, -0.1) is 0 Å². The van der Waals surface area contributed by atoms with E-state index in [1.807, 2.05) is 6.07 Å². The van der Waals surface area contributed by atoms with E-state index in [2.05, 4.69) is 4.98 Å². The van der Waals surface area contributed by atoms with Crippen molar-refractivity contribution >= 4 is 17.4 Å². The third-order valence-corrected chi connectivity index (χ3v) is 4.33. The standard InChI is InChI=1S/C22H21FN2O2/c1-22(2,3)20(27)17-16(13-9-11-15(23)12-10-13)18(25-21(17)24)19(26)14-7-5-4-6-8-14/h4-12,25H,24H2,1-3H3. The van der Waals surface area contributed by atoms with E-state index in [9.17, 15) is 14.0 Å². The summed E-state index contributed by atoms with van der Waals surface area (Å²) in [4.78, 5) is 29.0. The molecule has 0 saturated carbocycles. The molecule has 2 aromatic carbocycles. The number of carbonyl (C=O) groups is 2. The van der Waals surface area contributed by atoms with Gasteiger partial charge in [0.2, 0.25) is 5.78 Å². The fourth-order valence-corrected chi connectivity index (χ4v) is 2.94. The highest BCUT2D eigenvalue weighted by Gasteiger charge is 2.32. The van der Waals surface area contributed by atoms with Crippen LogP contribution >= 0.6 is 0 Å². The van der Waals surface area contributed by atoms with Crippen LogP contribution in [0.3, 0.4) is 0 Å². The van der Waals surface area contributed by atoms with Gasteiger partial charge in [-0.3, -0.25) is 9.59 Å². The van der Waals surface area contributed by atoms with Crippen molar-refractivity contribution in [1.29, 1.82) is 0 Å². The van der Waals surface area contributed by atoms with Gasteiger partial charge < -0.3 is 10.7 Å². The average Bonchev–Trinajstić information content (AvgIpc) is 2.98. The van der Waals surface area contributed by atoms with Crippen LogP contribution in [-0.2, 0) is 0 Å². The number of ketones is 2. The summed E-state index contributed by atoms with van der Waals surface area (Å²) >= 11 is 0. The molecule has 0 aliphatic rings. The summed E-state index contributed by atoms with van der Waals surface area (Å²) in [5.74, 6) is -0.743. The molecule has 0 aliphatic heterocycles. The van der Waals surface area contributed by atoms with E-state index >= 15 is 0 Å². The number of aromatic amines is 1. The Kier molecular flexibility index (Phi) is 4.70. The van der Waals surface area contributed by atoms with Crippen LogP contribution in [-0.4, -0.2) is 16.6 Å². The average molecular weight is 364 g/mol. The van der Waals surface area contributed by atoms with Crippen LogP contribution < -0.4 is 5.73 Å². The first kappa shape index (κ1) is 18.6. The first-order valence-corrected chi connectivity index (χ1v) is 8.62. The molecule has 0 aliphatic carbocycles. The minimum absolute atomic E-state index is 0.133. The molecular formula is C22H21FN2O2. The van der Waals surface area contributed by atoms with Crippen LogP contribution in [0.25, 0.3) is 11.1 Å². The summed E-state index contributed by atoms with van der Waals surface area (Å²) in [6.07, 6.45) is 0. The number of nitrogens with two attached hydrogens (primary N) is 1. The molecule has 4 nitrogen and oxygen atoms in total. The molecule has 0 radical (unpaired) electrons. The minimum Gasteiger partial charge on any atom is -0.385 e. The summed E-state index contributed by atoms with van der Waals surface area (Å²) in [6, 6.07) is 14.4. The Morgan fingerprint density at radius 2 is 1.56 bits per heavy atom. The number of H-pyrrole nitrogens is 1. The van der Waals surface area contributed by atoms with Crippen molar-refractivity contribution in [2.24, 2.45) is 5.41 Å². The molecule has 0 atom stereocenters. The Balaban J connectivity index is 2.27. The van der Waals surface area contributed by atoms with Gasteiger partial charge in [-0.1, -0.05) is 63.2 Å². The smallest absolute Gasteiger partial charge is 0.209 e. The Morgan fingerprint density at radius 3 is 2.11 bits per heavy atom. The normalized spacial score (nSPS) is 11.4. The summed E-state index contributed by atoms with van der Waals surface area (Å²) in [5.41, 5.74) is 7.33. The van der Waals surface area contributed by atoms with Gasteiger partial charge in [0.1, 0.15) is 11.6 Å². The topological polar surface area (TPSA) is 76.0 Å². The number of Topliss-reactive ketones (excluding diaryl/α,β-unsaturated/α-hetero) is 1. The molecular weight excluding hydrogens is 343 g/mol. The molecule has 0 bridgehead atoms. The van der Waals surface area contributed by atoms with Crippen LogP contribution in [0.1, 0.15) is 47.2 Å². The predicted molar refractivity (Wildman–Crippen MR) is 104 cm³/mol. The van der Waals surface area contributed by atoms with Gasteiger partial charge >= 0.3 is 0 Å². The van der Waals surface area contributed by atoms with Gasteiger partial charge in [0, 0.05) is 16.5 Å². The summed E-state index contributed by atoms with van der Waals surface area (Å²) < 4.78 is 13.4. The van der Waals surface area contributed by atoms with Gasteiger partial charge in [-0.2, -0.15) is 0 Å². The molecule has 3 N–H and O–H groups in total. The largest absolute Gasteiger partial charge is 0.385 e. The molecule has 0 amide bonds. The Labute approximate surface area is 157 Å². The number of nitrogen functional groups attached to an aromatic ring is 1. The lowest BCUT2D eigenvalue weighted by atomic mass is 9.83. The maximum absolute atomic E-state index is 13.4. The van der Waals surface area contributed by atoms with Crippen molar-refractivity contribution in [3.63, 3.8) is 0 Å². The molecule has 0 spiro atoms. The van der Waals surface area contributed by atoms with Gasteiger partial charge in [-0.05, 0) is 17.7 Å². The molecule has 1 heterocycles. The van der Waals surface area contributed by atoms with E-state index < -0.39 is 11.2 Å². The Bertz CT molecular complexity index is 997. The third kappa shape index (κ3) is 3.53. The van der Waals surface area contributed by atoms with Crippen molar-refractivity contribution in [1.82, 2.24) is 4.98 Å². The monoisotopic (exact) mass is 364 g/mol. The highest BCUT2D eigenvalue weighted by atomic mass is 19.1. The number of nitrogens with one attached hydrogen (secondary N) is 1. The van der Waals surface area contributed by atoms with E-state index in [1.54, 1.807) is 57.2 Å². The van der Waals surface area contributed by atoms with Crippen LogP contribution in [0.4, 0.5) is 10.2 Å². The maximum Gasteiger partial charge on any atom is 0.209 e.